The van der Waals surface area contributed by atoms with Crippen LogP contribution in [0.15, 0.2) is 48.5 Å². The Hall–Kier alpha value is -3.46. The van der Waals surface area contributed by atoms with Crippen molar-refractivity contribution in [3.63, 3.8) is 0 Å². The molecule has 9 heteroatoms. The Morgan fingerprint density at radius 1 is 1.06 bits per heavy atom. The number of anilines is 2. The molecular weight excluding hydrogens is 416 g/mol. The molecule has 0 radical (unpaired) electrons. The average molecular weight is 441 g/mol. The van der Waals surface area contributed by atoms with Gasteiger partial charge in [0.1, 0.15) is 11.8 Å². The molecule has 0 saturated heterocycles. The summed E-state index contributed by atoms with van der Waals surface area (Å²) in [4.78, 5) is 40.7. The van der Waals surface area contributed by atoms with Crippen molar-refractivity contribution in [1.82, 2.24) is 10.3 Å². The third kappa shape index (κ3) is 6.26. The van der Waals surface area contributed by atoms with Gasteiger partial charge in [0, 0.05) is 12.6 Å². The first-order valence-electron chi connectivity index (χ1n) is 9.78. The van der Waals surface area contributed by atoms with E-state index in [1.807, 2.05) is 32.0 Å². The summed E-state index contributed by atoms with van der Waals surface area (Å²) in [5.74, 6) is -0.465. The Labute approximate surface area is 184 Å². The van der Waals surface area contributed by atoms with E-state index >= 15 is 0 Å². The molecule has 1 atom stereocenters. The molecule has 0 aliphatic carbocycles. The van der Waals surface area contributed by atoms with E-state index in [4.69, 9.17) is 4.74 Å². The number of para-hydroxylation sites is 1. The third-order valence-electron chi connectivity index (χ3n) is 4.32. The van der Waals surface area contributed by atoms with E-state index in [0.29, 0.717) is 22.1 Å². The zero-order valence-electron chi connectivity index (χ0n) is 17.5. The van der Waals surface area contributed by atoms with Gasteiger partial charge in [-0.25, -0.2) is 4.98 Å². The van der Waals surface area contributed by atoms with Gasteiger partial charge in [-0.05, 0) is 36.2 Å². The van der Waals surface area contributed by atoms with Crippen LogP contribution < -0.4 is 20.7 Å². The molecule has 3 aromatic rings. The topological polar surface area (TPSA) is 109 Å². The van der Waals surface area contributed by atoms with Crippen molar-refractivity contribution in [2.75, 3.05) is 17.2 Å². The summed E-state index contributed by atoms with van der Waals surface area (Å²) in [6.45, 7) is 4.95. The fourth-order valence-electron chi connectivity index (χ4n) is 2.86. The quantitative estimate of drug-likeness (QED) is 0.497. The van der Waals surface area contributed by atoms with Crippen molar-refractivity contribution < 1.29 is 19.1 Å². The Balaban J connectivity index is 1.63. The van der Waals surface area contributed by atoms with E-state index in [0.717, 1.165) is 4.70 Å². The highest BCUT2D eigenvalue weighted by Crippen LogP contribution is 2.28. The predicted molar refractivity (Wildman–Crippen MR) is 121 cm³/mol. The van der Waals surface area contributed by atoms with E-state index in [-0.39, 0.29) is 30.2 Å². The number of rotatable bonds is 8. The van der Waals surface area contributed by atoms with Gasteiger partial charge in [-0.2, -0.15) is 0 Å². The Morgan fingerprint density at radius 2 is 1.81 bits per heavy atom. The molecular formula is C22H24N4O4S. The van der Waals surface area contributed by atoms with E-state index in [2.05, 4.69) is 20.9 Å². The second kappa shape index (κ2) is 10.0. The Bertz CT molecular complexity index is 1080. The van der Waals surface area contributed by atoms with Crippen LogP contribution in [0.3, 0.4) is 0 Å². The van der Waals surface area contributed by atoms with Crippen molar-refractivity contribution in [2.24, 2.45) is 5.92 Å². The largest absolute Gasteiger partial charge is 0.484 e. The first-order chi connectivity index (χ1) is 14.8. The number of hydrogen-bond donors (Lipinski definition) is 3. The monoisotopic (exact) mass is 440 g/mol. The van der Waals surface area contributed by atoms with E-state index < -0.39 is 6.04 Å². The molecule has 0 spiro atoms. The van der Waals surface area contributed by atoms with Crippen LogP contribution in [0.4, 0.5) is 10.8 Å². The summed E-state index contributed by atoms with van der Waals surface area (Å²) in [7, 11) is 0. The molecule has 8 nitrogen and oxygen atoms in total. The van der Waals surface area contributed by atoms with Gasteiger partial charge >= 0.3 is 0 Å². The number of carbonyl (C=O) groups is 3. The van der Waals surface area contributed by atoms with Gasteiger partial charge in [-0.3, -0.25) is 14.4 Å². The minimum Gasteiger partial charge on any atom is -0.484 e. The van der Waals surface area contributed by atoms with Crippen molar-refractivity contribution >= 4 is 50.1 Å². The highest BCUT2D eigenvalue weighted by atomic mass is 32.1. The van der Waals surface area contributed by atoms with Crippen molar-refractivity contribution in [3.8, 4) is 5.75 Å². The number of fused-ring (bicyclic) bond motifs is 1. The molecule has 0 fully saturated rings. The number of carbonyl (C=O) groups excluding carboxylic acids is 3. The van der Waals surface area contributed by atoms with Crippen LogP contribution in [0.1, 0.15) is 20.8 Å². The molecule has 2 aromatic carbocycles. The number of nitrogens with zero attached hydrogens (tertiary/aromatic N) is 1. The number of nitrogens with one attached hydrogen (secondary N) is 3. The molecule has 1 unspecified atom stereocenters. The van der Waals surface area contributed by atoms with Gasteiger partial charge in [0.2, 0.25) is 11.8 Å². The molecule has 1 aromatic heterocycles. The van der Waals surface area contributed by atoms with Crippen LogP contribution in [-0.2, 0) is 14.4 Å². The molecule has 1 heterocycles. The average Bonchev–Trinajstić information content (AvgIpc) is 3.11. The maximum Gasteiger partial charge on any atom is 0.258 e. The van der Waals surface area contributed by atoms with Crippen LogP contribution in [0.2, 0.25) is 0 Å². The lowest BCUT2D eigenvalue weighted by Crippen LogP contribution is -2.48. The number of hydrogen-bond acceptors (Lipinski definition) is 6. The van der Waals surface area contributed by atoms with E-state index in [1.54, 1.807) is 30.3 Å². The fraction of sp³-hybridized carbons (Fsp3) is 0.273. The van der Waals surface area contributed by atoms with Gasteiger partial charge in [-0.15, -0.1) is 0 Å². The summed E-state index contributed by atoms with van der Waals surface area (Å²) in [6.07, 6.45) is 0. The van der Waals surface area contributed by atoms with Gasteiger partial charge in [0.15, 0.2) is 11.7 Å². The molecule has 3 amide bonds. The standard InChI is InChI=1S/C22H24N4O4S/c1-13(2)20(25-19(28)12-30-16-7-5-4-6-8-16)21(29)26-22-24-17-10-9-15(23-14(3)27)11-18(17)31-22/h4-11,13,20H,12H2,1-3H3,(H,23,27)(H,25,28)(H,24,26,29). The molecule has 0 saturated carbocycles. The van der Waals surface area contributed by atoms with Crippen molar-refractivity contribution in [3.05, 3.63) is 48.5 Å². The zero-order valence-corrected chi connectivity index (χ0v) is 18.3. The normalized spacial score (nSPS) is 11.7. The molecule has 3 N–H and O–H groups in total. The molecule has 162 valence electrons. The lowest BCUT2D eigenvalue weighted by molar-refractivity contribution is -0.128. The van der Waals surface area contributed by atoms with Gasteiger partial charge in [-0.1, -0.05) is 43.4 Å². The maximum absolute atomic E-state index is 12.8. The van der Waals surface area contributed by atoms with Crippen molar-refractivity contribution in [2.45, 2.75) is 26.8 Å². The van der Waals surface area contributed by atoms with Crippen molar-refractivity contribution in [1.29, 1.82) is 0 Å². The predicted octanol–water partition coefficient (Wildman–Crippen LogP) is 3.41. The number of benzene rings is 2. The first kappa shape index (κ1) is 22.2. The first-order valence-corrected chi connectivity index (χ1v) is 10.6. The summed E-state index contributed by atoms with van der Waals surface area (Å²) in [5, 5.41) is 8.64. The van der Waals surface area contributed by atoms with Gasteiger partial charge in [0.25, 0.3) is 5.91 Å². The smallest absolute Gasteiger partial charge is 0.258 e. The lowest BCUT2D eigenvalue weighted by Gasteiger charge is -2.21. The summed E-state index contributed by atoms with van der Waals surface area (Å²) < 4.78 is 6.26. The minimum absolute atomic E-state index is 0.138. The molecule has 0 bridgehead atoms. The Kier molecular flexibility index (Phi) is 7.19. The number of thiazole rings is 1. The minimum atomic E-state index is -0.742. The third-order valence-corrected chi connectivity index (χ3v) is 5.25. The molecule has 3 rings (SSSR count). The van der Waals surface area contributed by atoms with Gasteiger partial charge in [0.05, 0.1) is 10.2 Å². The van der Waals surface area contributed by atoms with Crippen LogP contribution in [0, 0.1) is 5.92 Å². The summed E-state index contributed by atoms with van der Waals surface area (Å²) >= 11 is 1.29. The SMILES string of the molecule is CC(=O)Nc1ccc2nc(NC(=O)C(NC(=O)COc3ccccc3)C(C)C)sc2c1. The van der Waals surface area contributed by atoms with E-state index in [9.17, 15) is 14.4 Å². The van der Waals surface area contributed by atoms with E-state index in [1.165, 1.54) is 18.3 Å². The zero-order chi connectivity index (χ0) is 22.4. The van der Waals surface area contributed by atoms with Crippen LogP contribution >= 0.6 is 11.3 Å². The number of ether oxygens (including phenoxy) is 1. The van der Waals surface area contributed by atoms with Crippen LogP contribution in [-0.4, -0.2) is 35.4 Å². The fourth-order valence-corrected chi connectivity index (χ4v) is 3.77. The second-order valence-electron chi connectivity index (χ2n) is 7.26. The Morgan fingerprint density at radius 3 is 2.48 bits per heavy atom. The second-order valence-corrected chi connectivity index (χ2v) is 8.29. The highest BCUT2D eigenvalue weighted by molar-refractivity contribution is 7.22. The van der Waals surface area contributed by atoms with Crippen LogP contribution in [0.5, 0.6) is 5.75 Å². The molecule has 0 aliphatic heterocycles. The maximum atomic E-state index is 12.8. The summed E-state index contributed by atoms with van der Waals surface area (Å²) in [5.41, 5.74) is 1.36. The highest BCUT2D eigenvalue weighted by Gasteiger charge is 2.25. The summed E-state index contributed by atoms with van der Waals surface area (Å²) in [6, 6.07) is 13.6. The van der Waals surface area contributed by atoms with Gasteiger partial charge < -0.3 is 20.7 Å². The number of aromatic nitrogens is 1. The molecule has 31 heavy (non-hydrogen) atoms. The lowest BCUT2D eigenvalue weighted by atomic mass is 10.0. The molecule has 0 aliphatic rings. The number of amides is 3. The van der Waals surface area contributed by atoms with Crippen LogP contribution in [0.25, 0.3) is 10.2 Å².